The average molecular weight is 499 g/mol. The van der Waals surface area contributed by atoms with Gasteiger partial charge in [0.25, 0.3) is 11.8 Å². The van der Waals surface area contributed by atoms with Gasteiger partial charge >= 0.3 is 5.97 Å². The summed E-state index contributed by atoms with van der Waals surface area (Å²) in [6.45, 7) is 5.08. The van der Waals surface area contributed by atoms with Gasteiger partial charge in [-0.2, -0.15) is 0 Å². The van der Waals surface area contributed by atoms with Crippen LogP contribution in [0, 0.1) is 0 Å². The van der Waals surface area contributed by atoms with Gasteiger partial charge in [-0.3, -0.25) is 14.5 Å². The van der Waals surface area contributed by atoms with Gasteiger partial charge in [0, 0.05) is 13.1 Å². The van der Waals surface area contributed by atoms with Gasteiger partial charge in [0.15, 0.2) is 12.6 Å². The van der Waals surface area contributed by atoms with Crippen molar-refractivity contribution in [3.8, 4) is 5.75 Å². The molecule has 3 rings (SSSR count). The Labute approximate surface area is 208 Å². The van der Waals surface area contributed by atoms with Crippen molar-refractivity contribution < 1.29 is 23.9 Å². The van der Waals surface area contributed by atoms with E-state index in [2.05, 4.69) is 0 Å². The zero-order chi connectivity index (χ0) is 24.7. The van der Waals surface area contributed by atoms with E-state index in [0.717, 1.165) is 17.3 Å². The number of hydrogen-bond acceptors (Lipinski definition) is 7. The van der Waals surface area contributed by atoms with E-state index in [1.807, 2.05) is 19.9 Å². The van der Waals surface area contributed by atoms with Gasteiger partial charge in [-0.1, -0.05) is 66.4 Å². The molecule has 1 atom stereocenters. The number of nitrogens with zero attached hydrogens (tertiary/aromatic N) is 2. The van der Waals surface area contributed by atoms with Gasteiger partial charge in [-0.05, 0) is 43.2 Å². The fourth-order valence-electron chi connectivity index (χ4n) is 3.46. The second kappa shape index (κ2) is 11.8. The van der Waals surface area contributed by atoms with Crippen molar-refractivity contribution in [2.24, 2.45) is 0 Å². The molecule has 1 fully saturated rings. The van der Waals surface area contributed by atoms with E-state index in [9.17, 15) is 14.4 Å². The molecule has 1 aliphatic heterocycles. The molecule has 7 nitrogen and oxygen atoms in total. The molecule has 1 saturated heterocycles. The lowest BCUT2D eigenvalue weighted by atomic mass is 10.1. The number of methoxy groups -OCH3 is 1. The van der Waals surface area contributed by atoms with Crippen LogP contribution < -0.4 is 4.74 Å². The number of thiocarbonyl (C=S) groups is 1. The first-order valence-electron chi connectivity index (χ1n) is 10.8. The highest BCUT2D eigenvalue weighted by Gasteiger charge is 2.41. The molecule has 1 unspecified atom stereocenters. The Balaban J connectivity index is 1.74. The second-order valence-corrected chi connectivity index (χ2v) is 8.99. The van der Waals surface area contributed by atoms with Crippen LogP contribution >= 0.6 is 24.0 Å². The summed E-state index contributed by atoms with van der Waals surface area (Å²) < 4.78 is 10.8. The van der Waals surface area contributed by atoms with Crippen LogP contribution in [0.3, 0.4) is 0 Å². The second-order valence-electron chi connectivity index (χ2n) is 7.31. The Morgan fingerprint density at radius 3 is 2.32 bits per heavy atom. The van der Waals surface area contributed by atoms with Crippen LogP contribution in [0.1, 0.15) is 31.0 Å². The summed E-state index contributed by atoms with van der Waals surface area (Å²) >= 11 is 6.57. The molecule has 0 spiro atoms. The number of likely N-dealkylation sites (N-methyl/N-ethyl adjacent to an activating group) is 1. The highest BCUT2D eigenvalue weighted by molar-refractivity contribution is 8.26. The third-order valence-electron chi connectivity index (χ3n) is 5.28. The summed E-state index contributed by atoms with van der Waals surface area (Å²) in [7, 11) is 1.28. The van der Waals surface area contributed by atoms with Gasteiger partial charge in [-0.25, -0.2) is 4.79 Å². The molecule has 2 aromatic rings. The number of carbonyl (C=O) groups is 3. The monoisotopic (exact) mass is 498 g/mol. The highest BCUT2D eigenvalue weighted by Crippen LogP contribution is 2.38. The number of rotatable bonds is 9. The maximum absolute atomic E-state index is 13.2. The number of benzene rings is 2. The number of thioether (sulfide) groups is 1. The summed E-state index contributed by atoms with van der Waals surface area (Å²) in [6.07, 6.45) is 1.71. The predicted molar refractivity (Wildman–Crippen MR) is 136 cm³/mol. The Morgan fingerprint density at radius 1 is 1.09 bits per heavy atom. The van der Waals surface area contributed by atoms with Crippen LogP contribution in [0.4, 0.5) is 0 Å². The Hall–Kier alpha value is -3.17. The topological polar surface area (TPSA) is 76.2 Å². The zero-order valence-electron chi connectivity index (χ0n) is 19.2. The maximum Gasteiger partial charge on any atom is 0.333 e. The number of hydrogen-bond donors (Lipinski definition) is 0. The number of carbonyl (C=O) groups excluding carboxylic acids is 3. The van der Waals surface area contributed by atoms with Crippen LogP contribution in [0.25, 0.3) is 6.08 Å². The van der Waals surface area contributed by atoms with Crippen LogP contribution in [0.5, 0.6) is 5.75 Å². The Kier molecular flexibility index (Phi) is 8.84. The average Bonchev–Trinajstić information content (AvgIpc) is 3.12. The molecule has 0 bridgehead atoms. The van der Waals surface area contributed by atoms with E-state index < -0.39 is 12.0 Å². The molecule has 1 aliphatic rings. The van der Waals surface area contributed by atoms with Crippen molar-refractivity contribution in [1.29, 1.82) is 0 Å². The summed E-state index contributed by atoms with van der Waals surface area (Å²) in [4.78, 5) is 41.2. The normalized spacial score (nSPS) is 15.4. The van der Waals surface area contributed by atoms with Crippen molar-refractivity contribution >= 4 is 52.2 Å². The van der Waals surface area contributed by atoms with E-state index >= 15 is 0 Å². The summed E-state index contributed by atoms with van der Waals surface area (Å²) in [5.74, 6) is -0.444. The molecule has 0 radical (unpaired) electrons. The third kappa shape index (κ3) is 5.84. The fourth-order valence-corrected chi connectivity index (χ4v) is 4.78. The summed E-state index contributed by atoms with van der Waals surface area (Å²) in [6, 6.07) is 15.0. The quantitative estimate of drug-likeness (QED) is 0.293. The van der Waals surface area contributed by atoms with Gasteiger partial charge in [0.2, 0.25) is 0 Å². The van der Waals surface area contributed by atoms with Crippen molar-refractivity contribution in [3.05, 3.63) is 70.6 Å². The summed E-state index contributed by atoms with van der Waals surface area (Å²) in [5, 5.41) is 0. The molecule has 2 aromatic carbocycles. The van der Waals surface area contributed by atoms with Crippen molar-refractivity contribution in [1.82, 2.24) is 9.80 Å². The van der Waals surface area contributed by atoms with E-state index in [4.69, 9.17) is 21.7 Å². The number of amides is 2. The Morgan fingerprint density at radius 2 is 1.74 bits per heavy atom. The molecule has 1 heterocycles. The first kappa shape index (κ1) is 25.5. The van der Waals surface area contributed by atoms with E-state index in [0.29, 0.717) is 29.3 Å². The third-order valence-corrected chi connectivity index (χ3v) is 6.61. The molecule has 34 heavy (non-hydrogen) atoms. The lowest BCUT2D eigenvalue weighted by molar-refractivity contribution is -0.148. The molecule has 0 saturated carbocycles. The van der Waals surface area contributed by atoms with Gasteiger partial charge in [0.1, 0.15) is 10.1 Å². The first-order valence-corrected chi connectivity index (χ1v) is 12.0. The lowest BCUT2D eigenvalue weighted by Crippen LogP contribution is -2.37. The van der Waals surface area contributed by atoms with E-state index in [1.165, 1.54) is 12.0 Å². The molecule has 0 aromatic heterocycles. The van der Waals surface area contributed by atoms with Gasteiger partial charge in [-0.15, -0.1) is 0 Å². The number of esters is 1. The zero-order valence-corrected chi connectivity index (χ0v) is 20.9. The number of ether oxygens (including phenoxy) is 2. The Bertz CT molecular complexity index is 1080. The molecular weight excluding hydrogens is 472 g/mol. The molecular formula is C25H26N2O5S2. The fraction of sp³-hybridized carbons (Fsp3) is 0.280. The van der Waals surface area contributed by atoms with Crippen LogP contribution in [-0.2, 0) is 19.1 Å². The van der Waals surface area contributed by atoms with E-state index in [1.54, 1.807) is 59.5 Å². The van der Waals surface area contributed by atoms with Crippen molar-refractivity contribution in [2.45, 2.75) is 19.9 Å². The van der Waals surface area contributed by atoms with Crippen molar-refractivity contribution in [3.63, 3.8) is 0 Å². The van der Waals surface area contributed by atoms with Crippen LogP contribution in [0.15, 0.2) is 59.5 Å². The smallest absolute Gasteiger partial charge is 0.333 e. The van der Waals surface area contributed by atoms with Crippen molar-refractivity contribution in [2.75, 3.05) is 26.8 Å². The predicted octanol–water partition coefficient (Wildman–Crippen LogP) is 4.05. The van der Waals surface area contributed by atoms with Crippen LogP contribution in [-0.4, -0.2) is 58.7 Å². The molecule has 0 N–H and O–H groups in total. The van der Waals surface area contributed by atoms with Gasteiger partial charge in [0.05, 0.1) is 12.0 Å². The standard InChI is InChI=1S/C25H26N2O5S2/c1-4-26(5-2)21(28)16-32-19-13-11-17(12-14-19)15-20-23(29)27(25(33)34-20)22(24(30)31-3)18-9-7-6-8-10-18/h6-15,22H,4-5,16H2,1-3H3/b20-15+. The minimum absolute atomic E-state index is 0.0336. The van der Waals surface area contributed by atoms with E-state index in [-0.39, 0.29) is 22.7 Å². The first-order chi connectivity index (χ1) is 16.4. The SMILES string of the molecule is CCN(CC)C(=O)COc1ccc(/C=C2/SC(=S)N(C(C(=O)OC)c3ccccc3)C2=O)cc1. The summed E-state index contributed by atoms with van der Waals surface area (Å²) in [5.41, 5.74) is 1.38. The minimum Gasteiger partial charge on any atom is -0.484 e. The van der Waals surface area contributed by atoms with Crippen LogP contribution in [0.2, 0.25) is 0 Å². The highest BCUT2D eigenvalue weighted by atomic mass is 32.2. The minimum atomic E-state index is -0.955. The maximum atomic E-state index is 13.2. The largest absolute Gasteiger partial charge is 0.484 e. The molecule has 178 valence electrons. The lowest BCUT2D eigenvalue weighted by Gasteiger charge is -2.24. The molecule has 9 heteroatoms. The molecule has 2 amide bonds. The van der Waals surface area contributed by atoms with Gasteiger partial charge < -0.3 is 14.4 Å². The molecule has 0 aliphatic carbocycles.